The molecule has 0 saturated heterocycles. The van der Waals surface area contributed by atoms with Crippen molar-refractivity contribution in [3.8, 4) is 5.69 Å². The van der Waals surface area contributed by atoms with Gasteiger partial charge in [-0.2, -0.15) is 0 Å². The van der Waals surface area contributed by atoms with Gasteiger partial charge in [0.05, 0.1) is 16.8 Å². The number of nitrogens with zero attached hydrogens (tertiary/aromatic N) is 2. The first-order valence-corrected chi connectivity index (χ1v) is 13.2. The summed E-state index contributed by atoms with van der Waals surface area (Å²) in [7, 11) is 0. The van der Waals surface area contributed by atoms with E-state index in [-0.39, 0.29) is 17.1 Å². The normalized spacial score (nSPS) is 15.6. The van der Waals surface area contributed by atoms with E-state index < -0.39 is 0 Å². The SMILES string of the molecule is CC1CCc2c(sc3nc(SCC(=O)c4c[nH]c5ccccc45)n(-c4ccccc4)c(=O)c23)C1. The molecule has 0 fully saturated rings. The summed E-state index contributed by atoms with van der Waals surface area (Å²) in [4.78, 5) is 37.2. The van der Waals surface area contributed by atoms with Crippen LogP contribution in [0.4, 0.5) is 0 Å². The number of hydrogen-bond acceptors (Lipinski definition) is 5. The fraction of sp³-hybridized carbons (Fsp3) is 0.222. The Bertz CT molecular complexity index is 1600. The Balaban J connectivity index is 1.43. The molecule has 5 nitrogen and oxygen atoms in total. The molecule has 170 valence electrons. The smallest absolute Gasteiger partial charge is 0.267 e. The maximum Gasteiger partial charge on any atom is 0.267 e. The first-order chi connectivity index (χ1) is 16.6. The van der Waals surface area contributed by atoms with Gasteiger partial charge in [-0.05, 0) is 48.9 Å². The fourth-order valence-electron chi connectivity index (χ4n) is 4.78. The third kappa shape index (κ3) is 3.60. The van der Waals surface area contributed by atoms with E-state index in [1.165, 1.54) is 22.2 Å². The van der Waals surface area contributed by atoms with Crippen molar-refractivity contribution in [3.63, 3.8) is 0 Å². The largest absolute Gasteiger partial charge is 0.360 e. The first-order valence-electron chi connectivity index (χ1n) is 11.4. The molecule has 2 aromatic carbocycles. The Hall–Kier alpha value is -3.16. The predicted molar refractivity (Wildman–Crippen MR) is 140 cm³/mol. The second-order valence-corrected chi connectivity index (χ2v) is 10.9. The van der Waals surface area contributed by atoms with E-state index in [0.29, 0.717) is 16.6 Å². The van der Waals surface area contributed by atoms with E-state index in [1.54, 1.807) is 22.1 Å². The Morgan fingerprint density at radius 1 is 1.18 bits per heavy atom. The zero-order valence-corrected chi connectivity index (χ0v) is 20.3. The predicted octanol–water partition coefficient (Wildman–Crippen LogP) is 6.03. The van der Waals surface area contributed by atoms with Crippen LogP contribution in [-0.2, 0) is 12.8 Å². The minimum Gasteiger partial charge on any atom is -0.360 e. The van der Waals surface area contributed by atoms with Gasteiger partial charge in [0.15, 0.2) is 10.9 Å². The van der Waals surface area contributed by atoms with Crippen molar-refractivity contribution in [3.05, 3.63) is 87.2 Å². The van der Waals surface area contributed by atoms with Crippen LogP contribution in [0, 0.1) is 5.92 Å². The minimum absolute atomic E-state index is 0.00991. The third-order valence-electron chi connectivity index (χ3n) is 6.53. The van der Waals surface area contributed by atoms with Gasteiger partial charge in [-0.15, -0.1) is 11.3 Å². The van der Waals surface area contributed by atoms with Gasteiger partial charge in [0.1, 0.15) is 4.83 Å². The highest BCUT2D eigenvalue weighted by atomic mass is 32.2. The number of thioether (sulfide) groups is 1. The van der Waals surface area contributed by atoms with E-state index in [1.807, 2.05) is 54.6 Å². The molecule has 1 atom stereocenters. The number of rotatable bonds is 5. The average molecular weight is 486 g/mol. The second kappa shape index (κ2) is 8.56. The molecule has 34 heavy (non-hydrogen) atoms. The van der Waals surface area contributed by atoms with Crippen molar-refractivity contribution in [2.24, 2.45) is 5.92 Å². The Morgan fingerprint density at radius 2 is 1.97 bits per heavy atom. The number of Topliss-reactive ketones (excluding diaryl/α,β-unsaturated/α-hetero) is 1. The highest BCUT2D eigenvalue weighted by molar-refractivity contribution is 7.99. The molecule has 0 amide bonds. The number of aromatic nitrogens is 3. The van der Waals surface area contributed by atoms with Crippen LogP contribution in [0.25, 0.3) is 26.8 Å². The van der Waals surface area contributed by atoms with Gasteiger partial charge < -0.3 is 4.98 Å². The molecule has 0 saturated carbocycles. The second-order valence-electron chi connectivity index (χ2n) is 8.86. The number of para-hydroxylation sites is 2. The number of thiophene rings is 1. The number of benzene rings is 2. The van der Waals surface area contributed by atoms with Crippen LogP contribution in [0.1, 0.15) is 34.1 Å². The number of nitrogens with one attached hydrogen (secondary N) is 1. The summed E-state index contributed by atoms with van der Waals surface area (Å²) in [6, 6.07) is 17.4. The molecule has 6 rings (SSSR count). The molecule has 3 heterocycles. The molecule has 3 aromatic heterocycles. The molecule has 0 spiro atoms. The fourth-order valence-corrected chi connectivity index (χ4v) is 7.10. The van der Waals surface area contributed by atoms with E-state index in [0.717, 1.165) is 46.1 Å². The molecule has 1 aliphatic rings. The molecule has 0 aliphatic heterocycles. The van der Waals surface area contributed by atoms with E-state index in [2.05, 4.69) is 11.9 Å². The van der Waals surface area contributed by atoms with Gasteiger partial charge in [0.25, 0.3) is 5.56 Å². The number of carbonyl (C=O) groups is 1. The average Bonchev–Trinajstić information content (AvgIpc) is 3.44. The highest BCUT2D eigenvalue weighted by Gasteiger charge is 2.25. The van der Waals surface area contributed by atoms with Crippen LogP contribution in [0.3, 0.4) is 0 Å². The van der Waals surface area contributed by atoms with Crippen molar-refractivity contribution in [1.82, 2.24) is 14.5 Å². The van der Waals surface area contributed by atoms with Gasteiger partial charge in [-0.3, -0.25) is 14.2 Å². The quantitative estimate of drug-likeness (QED) is 0.188. The summed E-state index contributed by atoms with van der Waals surface area (Å²) in [5.74, 6) is 0.838. The zero-order chi connectivity index (χ0) is 23.2. The summed E-state index contributed by atoms with van der Waals surface area (Å²) < 4.78 is 1.68. The summed E-state index contributed by atoms with van der Waals surface area (Å²) in [5.41, 5.74) is 3.51. The van der Waals surface area contributed by atoms with Gasteiger partial charge in [-0.1, -0.05) is 55.1 Å². The van der Waals surface area contributed by atoms with Crippen molar-refractivity contribution in [2.45, 2.75) is 31.3 Å². The van der Waals surface area contributed by atoms with Crippen molar-refractivity contribution >= 4 is 50.0 Å². The summed E-state index contributed by atoms with van der Waals surface area (Å²) in [5, 5.41) is 2.23. The number of fused-ring (bicyclic) bond motifs is 4. The van der Waals surface area contributed by atoms with Crippen LogP contribution < -0.4 is 5.56 Å². The van der Waals surface area contributed by atoms with Crippen LogP contribution >= 0.6 is 23.1 Å². The van der Waals surface area contributed by atoms with E-state index >= 15 is 0 Å². The van der Waals surface area contributed by atoms with Crippen molar-refractivity contribution < 1.29 is 4.79 Å². The molecular formula is C27H23N3O2S2. The number of aromatic amines is 1. The zero-order valence-electron chi connectivity index (χ0n) is 18.7. The molecule has 5 aromatic rings. The summed E-state index contributed by atoms with van der Waals surface area (Å²) in [6.07, 6.45) is 4.79. The number of ketones is 1. The van der Waals surface area contributed by atoms with Gasteiger partial charge in [0.2, 0.25) is 0 Å². The highest BCUT2D eigenvalue weighted by Crippen LogP contribution is 2.37. The van der Waals surface area contributed by atoms with Gasteiger partial charge in [-0.25, -0.2) is 4.98 Å². The van der Waals surface area contributed by atoms with E-state index in [9.17, 15) is 9.59 Å². The van der Waals surface area contributed by atoms with Crippen molar-refractivity contribution in [1.29, 1.82) is 0 Å². The molecule has 1 unspecified atom stereocenters. The minimum atomic E-state index is -0.0368. The Labute approximate surface area is 204 Å². The number of aryl methyl sites for hydroxylation is 1. The van der Waals surface area contributed by atoms with Gasteiger partial charge in [0, 0.05) is 27.5 Å². The third-order valence-corrected chi connectivity index (χ3v) is 8.62. The van der Waals surface area contributed by atoms with Crippen LogP contribution in [0.5, 0.6) is 0 Å². The van der Waals surface area contributed by atoms with Crippen molar-refractivity contribution in [2.75, 3.05) is 5.75 Å². The number of carbonyl (C=O) groups excluding carboxylic acids is 1. The Morgan fingerprint density at radius 3 is 2.82 bits per heavy atom. The standard InChI is InChI=1S/C27H23N3O2S2/c1-16-11-12-19-23(13-16)34-25-24(19)26(32)30(17-7-3-2-4-8-17)27(29-25)33-15-22(31)20-14-28-21-10-6-5-9-18(20)21/h2-10,14,16,28H,11-13,15H2,1H3. The lowest BCUT2D eigenvalue weighted by Crippen LogP contribution is -2.23. The van der Waals surface area contributed by atoms with Crippen LogP contribution in [0.15, 0.2) is 70.7 Å². The summed E-state index contributed by atoms with van der Waals surface area (Å²) in [6.45, 7) is 2.26. The molecule has 1 aliphatic carbocycles. The van der Waals surface area contributed by atoms with Gasteiger partial charge >= 0.3 is 0 Å². The first kappa shape index (κ1) is 21.4. The Kier molecular flexibility index (Phi) is 5.38. The lowest BCUT2D eigenvalue weighted by Gasteiger charge is -2.17. The van der Waals surface area contributed by atoms with Crippen LogP contribution in [-0.4, -0.2) is 26.1 Å². The number of hydrogen-bond donors (Lipinski definition) is 1. The van der Waals surface area contributed by atoms with Crippen LogP contribution in [0.2, 0.25) is 0 Å². The topological polar surface area (TPSA) is 67.8 Å². The summed E-state index contributed by atoms with van der Waals surface area (Å²) >= 11 is 2.97. The maximum atomic E-state index is 13.8. The lowest BCUT2D eigenvalue weighted by atomic mass is 9.89. The molecule has 1 N–H and O–H groups in total. The molecular weight excluding hydrogens is 462 g/mol. The molecule has 0 bridgehead atoms. The number of H-pyrrole nitrogens is 1. The maximum absolute atomic E-state index is 13.8. The molecule has 0 radical (unpaired) electrons. The lowest BCUT2D eigenvalue weighted by molar-refractivity contribution is 0.102. The van der Waals surface area contributed by atoms with E-state index in [4.69, 9.17) is 4.98 Å². The molecule has 7 heteroatoms. The monoisotopic (exact) mass is 485 g/mol.